The van der Waals surface area contributed by atoms with Crippen LogP contribution < -0.4 is 5.32 Å². The molecule has 0 spiro atoms. The van der Waals surface area contributed by atoms with Gasteiger partial charge in [0.15, 0.2) is 0 Å². The normalized spacial score (nSPS) is 16.9. The first-order chi connectivity index (χ1) is 9.49. The fraction of sp³-hybridized carbons (Fsp3) is 0.500. The molecule has 1 N–H and O–H groups in total. The number of benzene rings is 1. The molecule has 0 unspecified atom stereocenters. The molecule has 0 aliphatic heterocycles. The van der Waals surface area contributed by atoms with Crippen molar-refractivity contribution in [3.8, 4) is 0 Å². The monoisotopic (exact) mass is 296 g/mol. The summed E-state index contributed by atoms with van der Waals surface area (Å²) in [6, 6.07) is 4.76. The van der Waals surface area contributed by atoms with E-state index in [4.69, 9.17) is 11.6 Å². The maximum atomic E-state index is 12.4. The molecule has 0 bridgehead atoms. The van der Waals surface area contributed by atoms with E-state index in [1.165, 1.54) is 6.07 Å². The van der Waals surface area contributed by atoms with E-state index in [0.717, 1.165) is 25.7 Å². The van der Waals surface area contributed by atoms with Crippen molar-refractivity contribution in [3.63, 3.8) is 0 Å². The summed E-state index contributed by atoms with van der Waals surface area (Å²) in [7, 11) is 0. The van der Waals surface area contributed by atoms with Gasteiger partial charge in [0, 0.05) is 11.4 Å². The average Bonchev–Trinajstić information content (AvgIpc) is 2.87. The Hall–Kier alpha value is -1.62. The van der Waals surface area contributed by atoms with E-state index in [2.05, 4.69) is 5.32 Å². The molecule has 1 saturated carbocycles. The van der Waals surface area contributed by atoms with Crippen molar-refractivity contribution in [2.45, 2.75) is 38.1 Å². The third kappa shape index (κ3) is 2.77. The van der Waals surface area contributed by atoms with Crippen LogP contribution in [-0.4, -0.2) is 22.2 Å². The minimum absolute atomic E-state index is 0.103. The minimum Gasteiger partial charge on any atom is -0.345 e. The predicted octanol–water partition coefficient (Wildman–Crippen LogP) is 3.18. The van der Waals surface area contributed by atoms with Gasteiger partial charge in [-0.15, -0.1) is 11.6 Å². The topological polar surface area (TPSA) is 72.2 Å². The lowest BCUT2D eigenvalue weighted by atomic mass is 9.99. The zero-order chi connectivity index (χ0) is 14.8. The van der Waals surface area contributed by atoms with Crippen LogP contribution in [0.5, 0.6) is 0 Å². The summed E-state index contributed by atoms with van der Waals surface area (Å²) in [4.78, 5) is 23.0. The number of hydrogen-bond acceptors (Lipinski definition) is 3. The Bertz CT molecular complexity index is 539. The predicted molar refractivity (Wildman–Crippen MR) is 77.2 cm³/mol. The lowest BCUT2D eigenvalue weighted by molar-refractivity contribution is -0.385. The molecular weight excluding hydrogens is 280 g/mol. The molecular formula is C14H17ClN2O3. The van der Waals surface area contributed by atoms with Gasteiger partial charge in [-0.1, -0.05) is 25.0 Å². The minimum atomic E-state index is -0.508. The standard InChI is InChI=1S/C14H17ClN2O3/c1-10-5-4-6-11(12(10)17(19)20)13(18)16-14(9-15)7-2-3-8-14/h4-6H,2-3,7-9H2,1H3,(H,16,18). The SMILES string of the molecule is Cc1cccc(C(=O)NC2(CCl)CCCC2)c1[N+](=O)[O-]. The van der Waals surface area contributed by atoms with Gasteiger partial charge in [-0.2, -0.15) is 0 Å². The number of alkyl halides is 1. The first kappa shape index (κ1) is 14.8. The maximum Gasteiger partial charge on any atom is 0.285 e. The van der Waals surface area contributed by atoms with Gasteiger partial charge in [-0.3, -0.25) is 14.9 Å². The smallest absolute Gasteiger partial charge is 0.285 e. The van der Waals surface area contributed by atoms with E-state index in [1.54, 1.807) is 19.1 Å². The number of rotatable bonds is 4. The Balaban J connectivity index is 2.30. The van der Waals surface area contributed by atoms with Crippen LogP contribution in [0.15, 0.2) is 18.2 Å². The molecule has 0 heterocycles. The first-order valence-corrected chi connectivity index (χ1v) is 7.15. The third-order valence-electron chi connectivity index (χ3n) is 3.86. The fourth-order valence-electron chi connectivity index (χ4n) is 2.74. The van der Waals surface area contributed by atoms with Crippen LogP contribution >= 0.6 is 11.6 Å². The highest BCUT2D eigenvalue weighted by molar-refractivity contribution is 6.19. The van der Waals surface area contributed by atoms with Gasteiger partial charge in [-0.05, 0) is 25.8 Å². The van der Waals surface area contributed by atoms with Crippen LogP contribution in [0.4, 0.5) is 5.69 Å². The molecule has 1 aromatic carbocycles. The van der Waals surface area contributed by atoms with E-state index >= 15 is 0 Å². The van der Waals surface area contributed by atoms with Crippen LogP contribution in [0.25, 0.3) is 0 Å². The molecule has 20 heavy (non-hydrogen) atoms. The quantitative estimate of drug-likeness (QED) is 0.527. The number of nitro groups is 1. The van der Waals surface area contributed by atoms with Crippen molar-refractivity contribution in [1.82, 2.24) is 5.32 Å². The van der Waals surface area contributed by atoms with Gasteiger partial charge >= 0.3 is 0 Å². The van der Waals surface area contributed by atoms with Gasteiger partial charge in [0.25, 0.3) is 11.6 Å². The van der Waals surface area contributed by atoms with E-state index in [-0.39, 0.29) is 11.3 Å². The Morgan fingerprint density at radius 2 is 2.10 bits per heavy atom. The molecule has 108 valence electrons. The molecule has 6 heteroatoms. The van der Waals surface area contributed by atoms with Crippen LogP contribution in [0.1, 0.15) is 41.6 Å². The molecule has 0 aromatic heterocycles. The number of nitrogens with zero attached hydrogens (tertiary/aromatic N) is 1. The number of hydrogen-bond donors (Lipinski definition) is 1. The van der Waals surface area contributed by atoms with Crippen LogP contribution in [0.3, 0.4) is 0 Å². The van der Waals surface area contributed by atoms with Gasteiger partial charge in [-0.25, -0.2) is 0 Å². The highest BCUT2D eigenvalue weighted by atomic mass is 35.5. The highest BCUT2D eigenvalue weighted by Gasteiger charge is 2.36. The zero-order valence-corrected chi connectivity index (χ0v) is 12.1. The van der Waals surface area contributed by atoms with E-state index in [0.29, 0.717) is 11.4 Å². The fourth-order valence-corrected chi connectivity index (χ4v) is 3.07. The molecule has 0 radical (unpaired) electrons. The molecule has 0 saturated heterocycles. The molecule has 1 aliphatic rings. The Labute approximate surface area is 122 Å². The summed E-state index contributed by atoms with van der Waals surface area (Å²) >= 11 is 5.98. The van der Waals surface area contributed by atoms with Gasteiger partial charge in [0.05, 0.1) is 10.5 Å². The van der Waals surface area contributed by atoms with E-state index in [9.17, 15) is 14.9 Å². The molecule has 1 aliphatic carbocycles. The van der Waals surface area contributed by atoms with Crippen LogP contribution in [0.2, 0.25) is 0 Å². The largest absolute Gasteiger partial charge is 0.345 e. The first-order valence-electron chi connectivity index (χ1n) is 6.61. The summed E-state index contributed by atoms with van der Waals surface area (Å²) in [6.07, 6.45) is 3.68. The number of nitrogens with one attached hydrogen (secondary N) is 1. The van der Waals surface area contributed by atoms with Gasteiger partial charge in [0.1, 0.15) is 5.56 Å². The van der Waals surface area contributed by atoms with Crippen molar-refractivity contribution in [1.29, 1.82) is 0 Å². The number of para-hydroxylation sites is 1. The Kier molecular flexibility index (Phi) is 4.28. The average molecular weight is 297 g/mol. The maximum absolute atomic E-state index is 12.4. The summed E-state index contributed by atoms with van der Waals surface area (Å²) in [5.74, 6) is -0.0822. The van der Waals surface area contributed by atoms with Crippen LogP contribution in [-0.2, 0) is 0 Å². The molecule has 0 atom stereocenters. The third-order valence-corrected chi connectivity index (χ3v) is 4.37. The number of halogens is 1. The molecule has 5 nitrogen and oxygen atoms in total. The lowest BCUT2D eigenvalue weighted by Gasteiger charge is -2.27. The summed E-state index contributed by atoms with van der Waals surface area (Å²) in [5.41, 5.74) is 0.0316. The van der Waals surface area contributed by atoms with E-state index in [1.807, 2.05) is 0 Å². The van der Waals surface area contributed by atoms with Gasteiger partial charge < -0.3 is 5.32 Å². The second-order valence-electron chi connectivity index (χ2n) is 5.30. The van der Waals surface area contributed by atoms with Gasteiger partial charge in [0.2, 0.25) is 0 Å². The lowest BCUT2D eigenvalue weighted by Crippen LogP contribution is -2.48. The second kappa shape index (κ2) is 5.79. The van der Waals surface area contributed by atoms with Crippen molar-refractivity contribution in [3.05, 3.63) is 39.4 Å². The Morgan fingerprint density at radius 1 is 1.45 bits per heavy atom. The van der Waals surface area contributed by atoms with Crippen molar-refractivity contribution >= 4 is 23.2 Å². The number of carbonyl (C=O) groups is 1. The summed E-state index contributed by atoms with van der Waals surface area (Å²) in [6.45, 7) is 1.63. The number of carbonyl (C=O) groups excluding carboxylic acids is 1. The van der Waals surface area contributed by atoms with Crippen LogP contribution in [0, 0.1) is 17.0 Å². The van der Waals surface area contributed by atoms with Crippen molar-refractivity contribution in [2.24, 2.45) is 0 Å². The molecule has 1 fully saturated rings. The van der Waals surface area contributed by atoms with E-state index < -0.39 is 16.4 Å². The highest BCUT2D eigenvalue weighted by Crippen LogP contribution is 2.32. The molecule has 1 amide bonds. The van der Waals surface area contributed by atoms with Crippen molar-refractivity contribution < 1.29 is 9.72 Å². The summed E-state index contributed by atoms with van der Waals surface area (Å²) < 4.78 is 0. The molecule has 2 rings (SSSR count). The zero-order valence-electron chi connectivity index (χ0n) is 11.3. The second-order valence-corrected chi connectivity index (χ2v) is 5.57. The molecule has 1 aromatic rings. The number of aryl methyl sites for hydroxylation is 1. The summed E-state index contributed by atoms with van der Waals surface area (Å²) in [5, 5.41) is 14.0. The number of amides is 1. The van der Waals surface area contributed by atoms with Crippen molar-refractivity contribution in [2.75, 3.05) is 5.88 Å². The Morgan fingerprint density at radius 3 is 2.65 bits per heavy atom. The number of nitro benzene ring substituents is 1.